The number of thiazole rings is 1. The fourth-order valence-corrected chi connectivity index (χ4v) is 5.45. The summed E-state index contributed by atoms with van der Waals surface area (Å²) < 4.78 is 5.53. The molecule has 0 aromatic carbocycles. The number of nitrogens with zero attached hydrogens (tertiary/aromatic N) is 5. The van der Waals surface area contributed by atoms with Crippen molar-refractivity contribution >= 4 is 22.4 Å². The number of ether oxygens (including phenoxy) is 1. The fourth-order valence-electron chi connectivity index (χ4n) is 4.75. The Labute approximate surface area is 172 Å². The van der Waals surface area contributed by atoms with Gasteiger partial charge >= 0.3 is 0 Å². The number of piperazine rings is 1. The maximum atomic E-state index is 6.43. The molecule has 2 N–H and O–H groups in total. The summed E-state index contributed by atoms with van der Waals surface area (Å²) in [6.07, 6.45) is 8.44. The topological polar surface area (TPSA) is 70.2 Å². The molecule has 3 heterocycles. The third kappa shape index (κ3) is 4.96. The molecule has 1 aromatic rings. The number of hydrogen-bond acceptors (Lipinski definition) is 6. The van der Waals surface area contributed by atoms with Crippen molar-refractivity contribution in [3.8, 4) is 0 Å². The molecule has 0 unspecified atom stereocenters. The lowest BCUT2D eigenvalue weighted by Gasteiger charge is -2.41. The number of hydrogen-bond donors (Lipinski definition) is 1. The zero-order valence-electron chi connectivity index (χ0n) is 16.9. The van der Waals surface area contributed by atoms with Crippen molar-refractivity contribution in [3.63, 3.8) is 0 Å². The summed E-state index contributed by atoms with van der Waals surface area (Å²) in [5, 5.41) is 3.15. The summed E-state index contributed by atoms with van der Waals surface area (Å²) in [6, 6.07) is 0. The van der Waals surface area contributed by atoms with Crippen LogP contribution in [-0.4, -0.2) is 86.3 Å². The van der Waals surface area contributed by atoms with Gasteiger partial charge in [0.05, 0.1) is 13.2 Å². The first kappa shape index (κ1) is 19.9. The van der Waals surface area contributed by atoms with Crippen molar-refractivity contribution in [2.45, 2.75) is 32.1 Å². The molecule has 1 aliphatic carbocycles. The summed E-state index contributed by atoms with van der Waals surface area (Å²) in [4.78, 5) is 16.5. The Kier molecular flexibility index (Phi) is 6.69. The van der Waals surface area contributed by atoms with Crippen LogP contribution in [0.5, 0.6) is 0 Å². The van der Waals surface area contributed by atoms with Gasteiger partial charge in [0.15, 0.2) is 11.1 Å². The molecule has 2 aliphatic heterocycles. The molecule has 0 radical (unpaired) electrons. The molecule has 0 amide bonds. The van der Waals surface area contributed by atoms with Crippen LogP contribution in [0.2, 0.25) is 0 Å². The van der Waals surface area contributed by atoms with Gasteiger partial charge in [-0.3, -0.25) is 9.89 Å². The third-order valence-corrected chi connectivity index (χ3v) is 7.28. The average Bonchev–Trinajstić information content (AvgIpc) is 3.29. The average molecular weight is 407 g/mol. The quantitative estimate of drug-likeness (QED) is 0.595. The molecule has 28 heavy (non-hydrogen) atoms. The summed E-state index contributed by atoms with van der Waals surface area (Å²) in [5.74, 6) is 0.728. The van der Waals surface area contributed by atoms with E-state index in [4.69, 9.17) is 15.5 Å². The first-order valence-electron chi connectivity index (χ1n) is 10.7. The Hall–Kier alpha value is -1.38. The highest BCUT2D eigenvalue weighted by molar-refractivity contribution is 7.13. The number of nitrogens with two attached hydrogens (primary N) is 1. The van der Waals surface area contributed by atoms with E-state index in [0.29, 0.717) is 5.41 Å². The number of morpholine rings is 1. The van der Waals surface area contributed by atoms with E-state index in [-0.39, 0.29) is 0 Å². The number of guanidine groups is 1. The second-order valence-corrected chi connectivity index (χ2v) is 9.29. The van der Waals surface area contributed by atoms with Gasteiger partial charge in [-0.2, -0.15) is 0 Å². The van der Waals surface area contributed by atoms with Crippen molar-refractivity contribution in [3.05, 3.63) is 11.6 Å². The fraction of sp³-hybridized carbons (Fsp3) is 0.800. The molecule has 2 saturated heterocycles. The van der Waals surface area contributed by atoms with Gasteiger partial charge < -0.3 is 20.3 Å². The Balaban J connectivity index is 1.33. The van der Waals surface area contributed by atoms with Gasteiger partial charge in [-0.05, 0) is 12.8 Å². The summed E-state index contributed by atoms with van der Waals surface area (Å²) in [6.45, 7) is 9.62. The third-order valence-electron chi connectivity index (χ3n) is 6.45. The lowest BCUT2D eigenvalue weighted by molar-refractivity contribution is 0.00934. The molecular weight excluding hydrogens is 372 g/mol. The predicted molar refractivity (Wildman–Crippen MR) is 115 cm³/mol. The largest absolute Gasteiger partial charge is 0.379 e. The number of aliphatic imine (C=N–C) groups is 1. The smallest absolute Gasteiger partial charge is 0.191 e. The van der Waals surface area contributed by atoms with Crippen molar-refractivity contribution < 1.29 is 4.74 Å². The van der Waals surface area contributed by atoms with Crippen molar-refractivity contribution in [2.75, 3.05) is 70.5 Å². The monoisotopic (exact) mass is 406 g/mol. The summed E-state index contributed by atoms with van der Waals surface area (Å²) in [7, 11) is 0. The molecule has 0 spiro atoms. The van der Waals surface area contributed by atoms with Crippen molar-refractivity contribution in [1.29, 1.82) is 0 Å². The van der Waals surface area contributed by atoms with E-state index in [1.54, 1.807) is 11.3 Å². The van der Waals surface area contributed by atoms with Crippen LogP contribution in [0.3, 0.4) is 0 Å². The normalized spacial score (nSPS) is 24.5. The minimum absolute atomic E-state index is 0.295. The van der Waals surface area contributed by atoms with Gasteiger partial charge in [-0.15, -0.1) is 11.3 Å². The Morgan fingerprint density at radius 1 is 1.11 bits per heavy atom. The van der Waals surface area contributed by atoms with E-state index >= 15 is 0 Å². The van der Waals surface area contributed by atoms with Crippen LogP contribution in [0, 0.1) is 5.41 Å². The molecule has 1 saturated carbocycles. The minimum Gasteiger partial charge on any atom is -0.379 e. The maximum absolute atomic E-state index is 6.43. The molecule has 156 valence electrons. The van der Waals surface area contributed by atoms with Crippen LogP contribution >= 0.6 is 11.3 Å². The van der Waals surface area contributed by atoms with E-state index in [9.17, 15) is 0 Å². The van der Waals surface area contributed by atoms with Gasteiger partial charge in [0, 0.05) is 69.3 Å². The molecule has 3 aliphatic rings. The van der Waals surface area contributed by atoms with Crippen LogP contribution in [0.1, 0.15) is 32.1 Å². The van der Waals surface area contributed by atoms with Gasteiger partial charge in [0.1, 0.15) is 0 Å². The molecule has 1 aromatic heterocycles. The maximum Gasteiger partial charge on any atom is 0.191 e. The van der Waals surface area contributed by atoms with Crippen molar-refractivity contribution in [2.24, 2.45) is 16.1 Å². The first-order valence-corrected chi connectivity index (χ1v) is 11.6. The van der Waals surface area contributed by atoms with E-state index < -0.39 is 0 Å². The van der Waals surface area contributed by atoms with E-state index in [1.807, 2.05) is 11.6 Å². The summed E-state index contributed by atoms with van der Waals surface area (Å²) >= 11 is 1.71. The highest BCUT2D eigenvalue weighted by Crippen LogP contribution is 2.37. The van der Waals surface area contributed by atoms with Crippen LogP contribution in [0.25, 0.3) is 0 Å². The second kappa shape index (κ2) is 9.41. The Morgan fingerprint density at radius 3 is 2.54 bits per heavy atom. The van der Waals surface area contributed by atoms with Crippen LogP contribution < -0.4 is 10.6 Å². The van der Waals surface area contributed by atoms with Crippen LogP contribution in [0.4, 0.5) is 5.13 Å². The first-order chi connectivity index (χ1) is 13.7. The predicted octanol–water partition coefficient (Wildman–Crippen LogP) is 1.86. The Bertz CT molecular complexity index is 617. The zero-order chi connectivity index (χ0) is 19.2. The number of anilines is 1. The van der Waals surface area contributed by atoms with E-state index in [0.717, 1.165) is 76.7 Å². The minimum atomic E-state index is 0.295. The molecule has 7 nitrogen and oxygen atoms in total. The Morgan fingerprint density at radius 2 is 1.86 bits per heavy atom. The van der Waals surface area contributed by atoms with Gasteiger partial charge in [-0.25, -0.2) is 4.98 Å². The molecular formula is C20H34N6OS. The highest BCUT2D eigenvalue weighted by Gasteiger charge is 2.34. The van der Waals surface area contributed by atoms with E-state index in [2.05, 4.69) is 19.7 Å². The van der Waals surface area contributed by atoms with Crippen LogP contribution in [-0.2, 0) is 4.74 Å². The van der Waals surface area contributed by atoms with Gasteiger partial charge in [0.25, 0.3) is 0 Å². The van der Waals surface area contributed by atoms with Crippen LogP contribution in [0.15, 0.2) is 16.6 Å². The SMILES string of the molecule is NC(=NCC1(CN2CCOCC2)CCCCC1)N1CCN(c2nccs2)CC1. The molecule has 8 heteroatoms. The second-order valence-electron chi connectivity index (χ2n) is 8.41. The number of rotatable bonds is 5. The summed E-state index contributed by atoms with van der Waals surface area (Å²) in [5.41, 5.74) is 6.73. The molecule has 0 bridgehead atoms. The van der Waals surface area contributed by atoms with Crippen molar-refractivity contribution in [1.82, 2.24) is 14.8 Å². The molecule has 3 fully saturated rings. The lowest BCUT2D eigenvalue weighted by atomic mass is 9.73. The van der Waals surface area contributed by atoms with Gasteiger partial charge in [0.2, 0.25) is 0 Å². The van der Waals surface area contributed by atoms with E-state index in [1.165, 1.54) is 32.1 Å². The molecule has 0 atom stereocenters. The lowest BCUT2D eigenvalue weighted by Crippen LogP contribution is -2.51. The standard InChI is InChI=1S/C20H34N6OS/c21-18(25-7-9-26(10-8-25)19-22-6-15-28-19)23-16-20(4-2-1-3-5-20)17-24-11-13-27-14-12-24/h6,15H,1-5,7-14,16-17H2,(H2,21,23). The highest BCUT2D eigenvalue weighted by atomic mass is 32.1. The van der Waals surface area contributed by atoms with Gasteiger partial charge in [-0.1, -0.05) is 19.3 Å². The number of aromatic nitrogens is 1. The molecule has 4 rings (SSSR count). The zero-order valence-corrected chi connectivity index (χ0v) is 17.7.